The summed E-state index contributed by atoms with van der Waals surface area (Å²) in [6, 6.07) is 9.43. The Balaban J connectivity index is 1.53. The van der Waals surface area contributed by atoms with Gasteiger partial charge in [0, 0.05) is 18.9 Å². The molecule has 140 valence electrons. The van der Waals surface area contributed by atoms with E-state index in [9.17, 15) is 9.59 Å². The van der Waals surface area contributed by atoms with Crippen LogP contribution in [0.2, 0.25) is 0 Å². The summed E-state index contributed by atoms with van der Waals surface area (Å²) in [6.45, 7) is 4.10. The lowest BCUT2D eigenvalue weighted by molar-refractivity contribution is -0.117. The summed E-state index contributed by atoms with van der Waals surface area (Å²) in [5.74, 6) is -0.693. The van der Waals surface area contributed by atoms with Gasteiger partial charge in [-0.05, 0) is 43.2 Å². The molecule has 2 N–H and O–H groups in total. The van der Waals surface area contributed by atoms with Crippen LogP contribution in [0.4, 0.5) is 10.8 Å². The molecule has 0 fully saturated rings. The molecule has 0 saturated carbocycles. The number of aromatic nitrogens is 3. The molecule has 0 aliphatic heterocycles. The van der Waals surface area contributed by atoms with E-state index in [2.05, 4.69) is 33.8 Å². The third-order valence-corrected chi connectivity index (χ3v) is 5.98. The van der Waals surface area contributed by atoms with Crippen LogP contribution in [0.5, 0.6) is 0 Å². The fourth-order valence-electron chi connectivity index (χ4n) is 2.37. The van der Waals surface area contributed by atoms with E-state index in [1.165, 1.54) is 28.7 Å². The molecule has 2 amide bonds. The minimum atomic E-state index is -0.414. The van der Waals surface area contributed by atoms with Crippen LogP contribution in [0.1, 0.15) is 21.6 Å². The number of thioether (sulfide) groups is 1. The Labute approximate surface area is 165 Å². The first kappa shape index (κ1) is 19.1. The Hall–Kier alpha value is -2.65. The van der Waals surface area contributed by atoms with Crippen molar-refractivity contribution in [2.24, 2.45) is 7.05 Å². The fourth-order valence-corrected chi connectivity index (χ4v) is 3.94. The summed E-state index contributed by atoms with van der Waals surface area (Å²) in [5, 5.41) is 14.5. The summed E-state index contributed by atoms with van der Waals surface area (Å²) < 4.78 is 2.32. The first-order valence-electron chi connectivity index (χ1n) is 8.19. The van der Waals surface area contributed by atoms with Gasteiger partial charge in [-0.15, -0.1) is 10.2 Å². The van der Waals surface area contributed by atoms with Crippen LogP contribution in [-0.4, -0.2) is 32.3 Å². The van der Waals surface area contributed by atoms with Gasteiger partial charge in [-0.1, -0.05) is 35.2 Å². The molecule has 0 unspecified atom stereocenters. The highest BCUT2D eigenvalue weighted by Crippen LogP contribution is 2.29. The Morgan fingerprint density at radius 3 is 2.74 bits per heavy atom. The zero-order valence-corrected chi connectivity index (χ0v) is 16.8. The van der Waals surface area contributed by atoms with Gasteiger partial charge in [0.1, 0.15) is 5.69 Å². The zero-order valence-electron chi connectivity index (χ0n) is 15.1. The standard InChI is InChI=1S/C18H19N5O2S2/c1-11-6-4-7-13(12(11)2)19-17-21-22-18(27-17)26-10-15(24)20-16(25)14-8-5-9-23(14)3/h4-9H,10H2,1-3H3,(H,19,21)(H,20,24,25). The third kappa shape index (κ3) is 4.75. The second kappa shape index (κ2) is 8.36. The second-order valence-electron chi connectivity index (χ2n) is 5.92. The van der Waals surface area contributed by atoms with Gasteiger partial charge in [0.2, 0.25) is 11.0 Å². The number of anilines is 2. The average Bonchev–Trinajstić information content (AvgIpc) is 3.26. The lowest BCUT2D eigenvalue weighted by Gasteiger charge is -2.08. The van der Waals surface area contributed by atoms with Crippen molar-refractivity contribution in [1.29, 1.82) is 0 Å². The number of amides is 2. The summed E-state index contributed by atoms with van der Waals surface area (Å²) in [7, 11) is 1.75. The van der Waals surface area contributed by atoms with E-state index < -0.39 is 5.91 Å². The van der Waals surface area contributed by atoms with Crippen LogP contribution in [0.15, 0.2) is 40.9 Å². The van der Waals surface area contributed by atoms with E-state index in [4.69, 9.17) is 0 Å². The van der Waals surface area contributed by atoms with E-state index in [1.807, 2.05) is 19.1 Å². The molecule has 0 radical (unpaired) electrons. The van der Waals surface area contributed by atoms with Crippen molar-refractivity contribution in [2.75, 3.05) is 11.1 Å². The largest absolute Gasteiger partial charge is 0.347 e. The Morgan fingerprint density at radius 2 is 2.00 bits per heavy atom. The van der Waals surface area contributed by atoms with Crippen molar-refractivity contribution >= 4 is 45.7 Å². The van der Waals surface area contributed by atoms with Gasteiger partial charge in [0.05, 0.1) is 5.75 Å². The molecule has 27 heavy (non-hydrogen) atoms. The van der Waals surface area contributed by atoms with Crippen LogP contribution in [0.3, 0.4) is 0 Å². The first-order valence-corrected chi connectivity index (χ1v) is 9.99. The normalized spacial score (nSPS) is 10.6. The number of imide groups is 1. The van der Waals surface area contributed by atoms with Gasteiger partial charge in [-0.3, -0.25) is 14.9 Å². The van der Waals surface area contributed by atoms with Crippen molar-refractivity contribution in [3.63, 3.8) is 0 Å². The molecule has 0 atom stereocenters. The number of carbonyl (C=O) groups is 2. The highest BCUT2D eigenvalue weighted by molar-refractivity contribution is 8.01. The second-order valence-corrected chi connectivity index (χ2v) is 8.12. The van der Waals surface area contributed by atoms with E-state index in [0.29, 0.717) is 15.2 Å². The molecule has 0 saturated heterocycles. The minimum Gasteiger partial charge on any atom is -0.347 e. The predicted octanol–water partition coefficient (Wildman–Crippen LogP) is 3.29. The van der Waals surface area contributed by atoms with E-state index >= 15 is 0 Å². The lowest BCUT2D eigenvalue weighted by Crippen LogP contribution is -2.32. The summed E-state index contributed by atoms with van der Waals surface area (Å²) in [4.78, 5) is 24.0. The molecular weight excluding hydrogens is 382 g/mol. The van der Waals surface area contributed by atoms with E-state index in [1.54, 1.807) is 29.9 Å². The van der Waals surface area contributed by atoms with Crippen molar-refractivity contribution in [2.45, 2.75) is 18.2 Å². The molecule has 9 heteroatoms. The quantitative estimate of drug-likeness (QED) is 0.616. The van der Waals surface area contributed by atoms with Crippen molar-refractivity contribution in [3.8, 4) is 0 Å². The number of aryl methyl sites for hydroxylation is 2. The number of nitrogens with zero attached hydrogens (tertiary/aromatic N) is 3. The number of hydrogen-bond acceptors (Lipinski definition) is 7. The monoisotopic (exact) mass is 401 g/mol. The summed E-state index contributed by atoms with van der Waals surface area (Å²) in [6.07, 6.45) is 1.75. The molecule has 2 heterocycles. The van der Waals surface area contributed by atoms with Crippen molar-refractivity contribution in [3.05, 3.63) is 53.3 Å². The molecule has 2 aromatic heterocycles. The van der Waals surface area contributed by atoms with Gasteiger partial charge in [-0.2, -0.15) is 0 Å². The third-order valence-electron chi connectivity index (χ3n) is 4.01. The van der Waals surface area contributed by atoms with Gasteiger partial charge >= 0.3 is 0 Å². The summed E-state index contributed by atoms with van der Waals surface area (Å²) >= 11 is 2.61. The number of rotatable bonds is 6. The molecule has 3 aromatic rings. The summed E-state index contributed by atoms with van der Waals surface area (Å²) in [5.41, 5.74) is 3.76. The van der Waals surface area contributed by atoms with E-state index in [0.717, 1.165) is 11.3 Å². The highest BCUT2D eigenvalue weighted by atomic mass is 32.2. The minimum absolute atomic E-state index is 0.0915. The molecule has 0 aliphatic carbocycles. The topological polar surface area (TPSA) is 88.9 Å². The maximum Gasteiger partial charge on any atom is 0.274 e. The van der Waals surface area contributed by atoms with Gasteiger partial charge < -0.3 is 9.88 Å². The maximum absolute atomic E-state index is 12.0. The van der Waals surface area contributed by atoms with Crippen LogP contribution >= 0.6 is 23.1 Å². The Kier molecular flexibility index (Phi) is 5.92. The molecule has 3 rings (SSSR count). The van der Waals surface area contributed by atoms with Gasteiger partial charge in [0.15, 0.2) is 4.34 Å². The molecule has 1 aromatic carbocycles. The number of nitrogens with one attached hydrogen (secondary N) is 2. The molecule has 0 spiro atoms. The van der Waals surface area contributed by atoms with E-state index in [-0.39, 0.29) is 11.7 Å². The van der Waals surface area contributed by atoms with Crippen molar-refractivity contribution in [1.82, 2.24) is 20.1 Å². The molecular formula is C18H19N5O2S2. The van der Waals surface area contributed by atoms with Crippen LogP contribution in [0, 0.1) is 13.8 Å². The van der Waals surface area contributed by atoms with Crippen LogP contribution in [0.25, 0.3) is 0 Å². The van der Waals surface area contributed by atoms with Crippen molar-refractivity contribution < 1.29 is 9.59 Å². The van der Waals surface area contributed by atoms with Gasteiger partial charge in [0.25, 0.3) is 5.91 Å². The highest BCUT2D eigenvalue weighted by Gasteiger charge is 2.14. The zero-order chi connectivity index (χ0) is 19.4. The SMILES string of the molecule is Cc1cccc(Nc2nnc(SCC(=O)NC(=O)c3cccn3C)s2)c1C. The number of carbonyl (C=O) groups excluding carboxylic acids is 2. The van der Waals surface area contributed by atoms with Gasteiger partial charge in [-0.25, -0.2) is 0 Å². The smallest absolute Gasteiger partial charge is 0.274 e. The molecule has 0 bridgehead atoms. The number of benzene rings is 1. The average molecular weight is 402 g/mol. The lowest BCUT2D eigenvalue weighted by atomic mass is 10.1. The first-order chi connectivity index (χ1) is 12.9. The Morgan fingerprint density at radius 1 is 1.19 bits per heavy atom. The molecule has 7 nitrogen and oxygen atoms in total. The number of hydrogen-bond donors (Lipinski definition) is 2. The predicted molar refractivity (Wildman–Crippen MR) is 108 cm³/mol. The van der Waals surface area contributed by atoms with Crippen LogP contribution in [-0.2, 0) is 11.8 Å². The Bertz CT molecular complexity index is 980. The fraction of sp³-hybridized carbons (Fsp3) is 0.222. The molecule has 0 aliphatic rings. The maximum atomic E-state index is 12.0. The van der Waals surface area contributed by atoms with Crippen LogP contribution < -0.4 is 10.6 Å².